The van der Waals surface area contributed by atoms with Crippen LogP contribution in [-0.2, 0) is 18.0 Å². The van der Waals surface area contributed by atoms with Gasteiger partial charge in [-0.25, -0.2) is 4.31 Å². The predicted octanol–water partition coefficient (Wildman–Crippen LogP) is 0.0810. The molecule has 0 aromatic carbocycles. The summed E-state index contributed by atoms with van der Waals surface area (Å²) in [4.78, 5) is 28.9. The van der Waals surface area contributed by atoms with Gasteiger partial charge in [-0.2, -0.15) is 0 Å². The van der Waals surface area contributed by atoms with Gasteiger partial charge in [0.05, 0.1) is 6.61 Å². The molecule has 0 spiro atoms. The first-order valence-electron chi connectivity index (χ1n) is 3.66. The quantitative estimate of drug-likeness (QED) is 0.527. The highest BCUT2D eigenvalue weighted by Crippen LogP contribution is 2.52. The van der Waals surface area contributed by atoms with Crippen molar-refractivity contribution < 1.29 is 32.6 Å². The Morgan fingerprint density at radius 3 is 2.47 bits per heavy atom. The summed E-state index contributed by atoms with van der Waals surface area (Å²) in [5.41, 5.74) is 0.643. The third-order valence-corrected chi connectivity index (χ3v) is 3.25. The van der Waals surface area contributed by atoms with Crippen LogP contribution >= 0.6 is 15.6 Å². The predicted molar refractivity (Wildman–Crippen MR) is 48.4 cm³/mol. The Kier molecular flexibility index (Phi) is 5.62. The fourth-order valence-corrected chi connectivity index (χ4v) is 1.95. The highest BCUT2D eigenvalue weighted by atomic mass is 31.3. The van der Waals surface area contributed by atoms with Gasteiger partial charge < -0.3 is 19.2 Å². The summed E-state index contributed by atoms with van der Waals surface area (Å²) in [6.07, 6.45) is 2.79. The molecule has 0 saturated carbocycles. The van der Waals surface area contributed by atoms with Gasteiger partial charge in [0.15, 0.2) is 0 Å². The van der Waals surface area contributed by atoms with Crippen molar-refractivity contribution in [3.63, 3.8) is 0 Å². The molecule has 15 heavy (non-hydrogen) atoms. The van der Waals surface area contributed by atoms with Crippen molar-refractivity contribution in [3.8, 4) is 0 Å². The van der Waals surface area contributed by atoms with Crippen molar-refractivity contribution in [2.24, 2.45) is 0 Å². The Labute approximate surface area is 86.9 Å². The van der Waals surface area contributed by atoms with Crippen LogP contribution in [0.1, 0.15) is 6.92 Å². The van der Waals surface area contributed by atoms with Gasteiger partial charge in [-0.05, 0) is 6.92 Å². The van der Waals surface area contributed by atoms with Gasteiger partial charge in [0.2, 0.25) is 0 Å². The molecule has 9 heteroatoms. The van der Waals surface area contributed by atoms with Crippen LogP contribution in [0.15, 0.2) is 24.3 Å². The average molecular weight is 256 g/mol. The van der Waals surface area contributed by atoms with Crippen LogP contribution in [0.4, 0.5) is 0 Å². The van der Waals surface area contributed by atoms with E-state index in [-0.39, 0.29) is 0 Å². The first-order valence-corrected chi connectivity index (χ1v) is 6.62. The minimum Gasteiger partial charge on any atom is -0.756 e. The molecular formula is C6H10O7P2-2. The molecule has 0 aromatic heterocycles. The molecule has 0 fully saturated rings. The van der Waals surface area contributed by atoms with E-state index in [4.69, 9.17) is 4.89 Å². The van der Waals surface area contributed by atoms with Crippen LogP contribution in [0.2, 0.25) is 0 Å². The minimum absolute atomic E-state index is 0.404. The number of allylic oxidation sites excluding steroid dienone is 2. The molecule has 0 heterocycles. The number of rotatable bonds is 6. The second-order valence-corrected chi connectivity index (χ2v) is 5.19. The van der Waals surface area contributed by atoms with Gasteiger partial charge in [-0.1, -0.05) is 24.3 Å². The lowest BCUT2D eigenvalue weighted by Crippen LogP contribution is -2.11. The molecule has 2 atom stereocenters. The summed E-state index contributed by atoms with van der Waals surface area (Å²) in [6, 6.07) is 0. The molecule has 0 aliphatic heterocycles. The first-order chi connectivity index (χ1) is 6.66. The third kappa shape index (κ3) is 8.72. The highest BCUT2D eigenvalue weighted by Gasteiger charge is 2.15. The largest absolute Gasteiger partial charge is 0.756 e. The smallest absolute Gasteiger partial charge is 0.274 e. The number of phosphoric ester groups is 1. The van der Waals surface area contributed by atoms with E-state index < -0.39 is 22.3 Å². The molecule has 0 rings (SSSR count). The second-order valence-electron chi connectivity index (χ2n) is 2.45. The van der Waals surface area contributed by atoms with Crippen LogP contribution < -0.4 is 9.79 Å². The lowest BCUT2D eigenvalue weighted by atomic mass is 10.3. The van der Waals surface area contributed by atoms with E-state index in [0.29, 0.717) is 5.57 Å². The van der Waals surface area contributed by atoms with Gasteiger partial charge in [0.1, 0.15) is 0 Å². The summed E-state index contributed by atoms with van der Waals surface area (Å²) in [5, 5.41) is 0. The van der Waals surface area contributed by atoms with Crippen molar-refractivity contribution in [1.29, 1.82) is 0 Å². The molecule has 7 nitrogen and oxygen atoms in total. The number of hydrogen-bond donors (Lipinski definition) is 1. The maximum atomic E-state index is 10.7. The Hall–Kier alpha value is -0.260. The zero-order valence-corrected chi connectivity index (χ0v) is 9.65. The third-order valence-electron chi connectivity index (χ3n) is 1.16. The maximum Gasteiger partial charge on any atom is 0.274 e. The standard InChI is InChI=1S/C6H12O7P2/c1-3-6(2)4-5-12-15(10,11)13-14(7,8)9/h3-4H,1,5H2,2H3,(H,10,11)(H2,7,8,9)/p-2/b6-4-. The SMILES string of the molecule is C=C/C(C)=C\COP(=O)([O-])OP(=O)([O-])O. The topological polar surface area (TPSA) is 119 Å². The summed E-state index contributed by atoms with van der Waals surface area (Å²) >= 11 is 0. The molecule has 0 aliphatic carbocycles. The summed E-state index contributed by atoms with van der Waals surface area (Å²) < 4.78 is 28.2. The van der Waals surface area contributed by atoms with Crippen LogP contribution in [0.25, 0.3) is 0 Å². The Morgan fingerprint density at radius 2 is 2.07 bits per heavy atom. The average Bonchev–Trinajstić information content (AvgIpc) is 1.98. The van der Waals surface area contributed by atoms with Crippen molar-refractivity contribution in [2.75, 3.05) is 6.61 Å². The van der Waals surface area contributed by atoms with E-state index >= 15 is 0 Å². The summed E-state index contributed by atoms with van der Waals surface area (Å²) in [7, 11) is -10.4. The van der Waals surface area contributed by atoms with E-state index in [2.05, 4.69) is 15.4 Å². The van der Waals surface area contributed by atoms with Gasteiger partial charge >= 0.3 is 0 Å². The van der Waals surface area contributed by atoms with Crippen LogP contribution in [0, 0.1) is 0 Å². The van der Waals surface area contributed by atoms with Gasteiger partial charge in [0.25, 0.3) is 15.6 Å². The molecule has 2 unspecified atom stereocenters. The van der Waals surface area contributed by atoms with Gasteiger partial charge in [-0.15, -0.1) is 0 Å². The number of hydrogen-bond acceptors (Lipinski definition) is 6. The minimum atomic E-state index is -5.35. The monoisotopic (exact) mass is 256 g/mol. The molecular weight excluding hydrogens is 246 g/mol. The van der Waals surface area contributed by atoms with E-state index in [9.17, 15) is 18.9 Å². The van der Waals surface area contributed by atoms with Crippen molar-refractivity contribution >= 4 is 15.6 Å². The molecule has 0 radical (unpaired) electrons. The molecule has 0 saturated heterocycles. The lowest BCUT2D eigenvalue weighted by Gasteiger charge is -2.26. The van der Waals surface area contributed by atoms with E-state index in [1.54, 1.807) is 6.92 Å². The second kappa shape index (κ2) is 5.72. The molecule has 0 amide bonds. The Balaban J connectivity index is 4.23. The molecule has 88 valence electrons. The normalized spacial score (nSPS) is 20.4. The number of phosphoric acid groups is 2. The van der Waals surface area contributed by atoms with Crippen molar-refractivity contribution in [2.45, 2.75) is 6.92 Å². The van der Waals surface area contributed by atoms with E-state index in [1.165, 1.54) is 12.2 Å². The van der Waals surface area contributed by atoms with Crippen LogP contribution in [-0.4, -0.2) is 11.5 Å². The molecule has 0 aromatic rings. The van der Waals surface area contributed by atoms with Crippen LogP contribution in [0.3, 0.4) is 0 Å². The lowest BCUT2D eigenvalue weighted by molar-refractivity contribution is -0.240. The highest BCUT2D eigenvalue weighted by molar-refractivity contribution is 7.59. The Morgan fingerprint density at radius 1 is 1.53 bits per heavy atom. The Bertz CT molecular complexity index is 341. The zero-order chi connectivity index (χ0) is 12.1. The van der Waals surface area contributed by atoms with E-state index in [1.807, 2.05) is 0 Å². The fraction of sp³-hybridized carbons (Fsp3) is 0.333. The molecule has 0 bridgehead atoms. The van der Waals surface area contributed by atoms with Crippen molar-refractivity contribution in [3.05, 3.63) is 24.3 Å². The fourth-order valence-electron chi connectivity index (χ4n) is 0.493. The molecule has 1 N–H and O–H groups in total. The maximum absolute atomic E-state index is 10.7. The van der Waals surface area contributed by atoms with Gasteiger partial charge in [0, 0.05) is 0 Å². The van der Waals surface area contributed by atoms with Gasteiger partial charge in [-0.3, -0.25) is 9.13 Å². The zero-order valence-electron chi connectivity index (χ0n) is 7.86. The van der Waals surface area contributed by atoms with Crippen LogP contribution in [0.5, 0.6) is 0 Å². The first kappa shape index (κ1) is 14.7. The van der Waals surface area contributed by atoms with E-state index in [0.717, 1.165) is 0 Å². The summed E-state index contributed by atoms with van der Waals surface area (Å²) in [5.74, 6) is 0. The summed E-state index contributed by atoms with van der Waals surface area (Å²) in [6.45, 7) is 4.63. The van der Waals surface area contributed by atoms with Crippen molar-refractivity contribution in [1.82, 2.24) is 0 Å². The molecule has 0 aliphatic rings.